The highest BCUT2D eigenvalue weighted by molar-refractivity contribution is 5.95. The van der Waals surface area contributed by atoms with Crippen LogP contribution in [-0.4, -0.2) is 11.9 Å². The van der Waals surface area contributed by atoms with E-state index < -0.39 is 0 Å². The Hall–Kier alpha value is -1.51. The summed E-state index contributed by atoms with van der Waals surface area (Å²) in [6, 6.07) is 5.79. The number of aryl methyl sites for hydroxylation is 1. The molecule has 3 nitrogen and oxygen atoms in total. The SMILES string of the molecule is Cc1cc(N)cc(C(=O)NC2CCC(C)(C)C2)c1. The Balaban J connectivity index is 2.04. The smallest absolute Gasteiger partial charge is 0.251 e. The van der Waals surface area contributed by atoms with Crippen LogP contribution in [0.5, 0.6) is 0 Å². The van der Waals surface area contributed by atoms with Gasteiger partial charge in [0, 0.05) is 17.3 Å². The van der Waals surface area contributed by atoms with Crippen molar-refractivity contribution in [3.8, 4) is 0 Å². The van der Waals surface area contributed by atoms with Crippen molar-refractivity contribution in [2.24, 2.45) is 5.41 Å². The number of benzene rings is 1. The number of anilines is 1. The van der Waals surface area contributed by atoms with Gasteiger partial charge in [0.05, 0.1) is 0 Å². The summed E-state index contributed by atoms with van der Waals surface area (Å²) in [7, 11) is 0. The van der Waals surface area contributed by atoms with Crippen LogP contribution < -0.4 is 11.1 Å². The van der Waals surface area contributed by atoms with Crippen LogP contribution in [0.4, 0.5) is 5.69 Å². The second kappa shape index (κ2) is 4.63. The van der Waals surface area contributed by atoms with Crippen molar-refractivity contribution in [1.82, 2.24) is 5.32 Å². The van der Waals surface area contributed by atoms with E-state index in [2.05, 4.69) is 19.2 Å². The minimum atomic E-state index is -0.00639. The van der Waals surface area contributed by atoms with Crippen LogP contribution in [0.25, 0.3) is 0 Å². The lowest BCUT2D eigenvalue weighted by molar-refractivity contribution is 0.0936. The zero-order valence-electron chi connectivity index (χ0n) is 11.4. The number of rotatable bonds is 2. The van der Waals surface area contributed by atoms with E-state index in [1.165, 1.54) is 6.42 Å². The summed E-state index contributed by atoms with van der Waals surface area (Å²) in [6.45, 7) is 6.46. The van der Waals surface area contributed by atoms with Crippen LogP contribution in [0.2, 0.25) is 0 Å². The molecular weight excluding hydrogens is 224 g/mol. The highest BCUT2D eigenvalue weighted by atomic mass is 16.1. The summed E-state index contributed by atoms with van der Waals surface area (Å²) in [5, 5.41) is 3.11. The monoisotopic (exact) mass is 246 g/mol. The van der Waals surface area contributed by atoms with Crippen LogP contribution in [0.15, 0.2) is 18.2 Å². The average Bonchev–Trinajstić information content (AvgIpc) is 2.56. The Bertz CT molecular complexity index is 445. The first kappa shape index (κ1) is 12.9. The Kier molecular flexibility index (Phi) is 3.33. The molecule has 3 N–H and O–H groups in total. The molecule has 3 heteroatoms. The predicted molar refractivity (Wildman–Crippen MR) is 74.5 cm³/mol. The molecule has 18 heavy (non-hydrogen) atoms. The van der Waals surface area contributed by atoms with E-state index in [1.807, 2.05) is 19.1 Å². The van der Waals surface area contributed by atoms with Gasteiger partial charge in [-0.3, -0.25) is 4.79 Å². The molecular formula is C15H22N2O. The van der Waals surface area contributed by atoms with Gasteiger partial charge in [0.25, 0.3) is 5.91 Å². The van der Waals surface area contributed by atoms with Crippen LogP contribution in [0.3, 0.4) is 0 Å². The molecule has 1 saturated carbocycles. The van der Waals surface area contributed by atoms with E-state index >= 15 is 0 Å². The maximum Gasteiger partial charge on any atom is 0.251 e. The number of hydrogen-bond donors (Lipinski definition) is 2. The van der Waals surface area contributed by atoms with Gasteiger partial charge in [0.2, 0.25) is 0 Å². The van der Waals surface area contributed by atoms with Crippen LogP contribution >= 0.6 is 0 Å². The Morgan fingerprint density at radius 2 is 2.11 bits per heavy atom. The first-order valence-electron chi connectivity index (χ1n) is 6.54. The van der Waals surface area contributed by atoms with E-state index in [0.717, 1.165) is 18.4 Å². The maximum atomic E-state index is 12.1. The number of carbonyl (C=O) groups is 1. The van der Waals surface area contributed by atoms with Crippen LogP contribution in [0, 0.1) is 12.3 Å². The molecule has 1 aromatic rings. The zero-order valence-corrected chi connectivity index (χ0v) is 11.4. The number of nitrogen functional groups attached to an aromatic ring is 1. The maximum absolute atomic E-state index is 12.1. The van der Waals surface area contributed by atoms with Crippen molar-refractivity contribution in [2.45, 2.75) is 46.1 Å². The number of hydrogen-bond acceptors (Lipinski definition) is 2. The van der Waals surface area contributed by atoms with Crippen LogP contribution in [0.1, 0.15) is 49.0 Å². The molecule has 0 spiro atoms. The van der Waals surface area contributed by atoms with E-state index in [1.54, 1.807) is 6.07 Å². The lowest BCUT2D eigenvalue weighted by atomic mass is 9.92. The van der Waals surface area contributed by atoms with Gasteiger partial charge in [-0.2, -0.15) is 0 Å². The molecule has 1 aliphatic carbocycles. The third-order valence-electron chi connectivity index (χ3n) is 3.67. The molecule has 1 unspecified atom stereocenters. The highest BCUT2D eigenvalue weighted by Gasteiger charge is 2.31. The summed E-state index contributed by atoms with van der Waals surface area (Å²) in [5.74, 6) is -0.00639. The highest BCUT2D eigenvalue weighted by Crippen LogP contribution is 2.36. The third kappa shape index (κ3) is 3.03. The molecule has 0 aromatic heterocycles. The number of carbonyl (C=O) groups excluding carboxylic acids is 1. The molecule has 0 bridgehead atoms. The number of nitrogens with two attached hydrogens (primary N) is 1. The van der Waals surface area contributed by atoms with Gasteiger partial charge < -0.3 is 11.1 Å². The average molecular weight is 246 g/mol. The largest absolute Gasteiger partial charge is 0.399 e. The summed E-state index contributed by atoms with van der Waals surface area (Å²) in [5.41, 5.74) is 8.45. The van der Waals surface area contributed by atoms with E-state index in [4.69, 9.17) is 5.73 Å². The third-order valence-corrected chi connectivity index (χ3v) is 3.67. The van der Waals surface area contributed by atoms with E-state index in [-0.39, 0.29) is 5.91 Å². The van der Waals surface area contributed by atoms with Crippen LogP contribution in [-0.2, 0) is 0 Å². The normalized spacial score (nSPS) is 21.8. The van der Waals surface area contributed by atoms with Crippen molar-refractivity contribution >= 4 is 11.6 Å². The van der Waals surface area contributed by atoms with Crippen molar-refractivity contribution in [1.29, 1.82) is 0 Å². The fourth-order valence-corrected chi connectivity index (χ4v) is 2.77. The van der Waals surface area contributed by atoms with Crippen molar-refractivity contribution in [3.63, 3.8) is 0 Å². The summed E-state index contributed by atoms with van der Waals surface area (Å²) >= 11 is 0. The Morgan fingerprint density at radius 3 is 2.67 bits per heavy atom. The Labute approximate surface area is 109 Å². The molecule has 1 aliphatic rings. The van der Waals surface area contributed by atoms with Gasteiger partial charge in [-0.1, -0.05) is 13.8 Å². The minimum Gasteiger partial charge on any atom is -0.399 e. The number of nitrogens with one attached hydrogen (secondary N) is 1. The van der Waals surface area contributed by atoms with Gasteiger partial charge in [-0.15, -0.1) is 0 Å². The second-order valence-corrected chi connectivity index (χ2v) is 6.21. The lowest BCUT2D eigenvalue weighted by Gasteiger charge is -2.18. The molecule has 0 saturated heterocycles. The minimum absolute atomic E-state index is 0.00639. The van der Waals surface area contributed by atoms with Crippen molar-refractivity contribution in [2.75, 3.05) is 5.73 Å². The molecule has 0 radical (unpaired) electrons. The molecule has 1 aromatic carbocycles. The van der Waals surface area contributed by atoms with Crippen molar-refractivity contribution in [3.05, 3.63) is 29.3 Å². The van der Waals surface area contributed by atoms with Crippen molar-refractivity contribution < 1.29 is 4.79 Å². The quantitative estimate of drug-likeness (QED) is 0.788. The molecule has 1 amide bonds. The lowest BCUT2D eigenvalue weighted by Crippen LogP contribution is -2.33. The van der Waals surface area contributed by atoms with Gasteiger partial charge >= 0.3 is 0 Å². The summed E-state index contributed by atoms with van der Waals surface area (Å²) < 4.78 is 0. The topological polar surface area (TPSA) is 55.1 Å². The fraction of sp³-hybridized carbons (Fsp3) is 0.533. The predicted octanol–water partition coefficient (Wildman–Crippen LogP) is 2.89. The molecule has 0 aliphatic heterocycles. The standard InChI is InChI=1S/C15H22N2O/c1-10-6-11(8-12(16)7-10)14(18)17-13-4-5-15(2,3)9-13/h6-8,13H,4-5,9,16H2,1-3H3,(H,17,18). The first-order chi connectivity index (χ1) is 8.35. The van der Waals surface area contributed by atoms with Gasteiger partial charge in [-0.25, -0.2) is 0 Å². The summed E-state index contributed by atoms with van der Waals surface area (Å²) in [4.78, 5) is 12.1. The van der Waals surface area contributed by atoms with Gasteiger partial charge in [0.15, 0.2) is 0 Å². The first-order valence-corrected chi connectivity index (χ1v) is 6.54. The van der Waals surface area contributed by atoms with E-state index in [9.17, 15) is 4.79 Å². The molecule has 0 heterocycles. The zero-order chi connectivity index (χ0) is 13.3. The fourth-order valence-electron chi connectivity index (χ4n) is 2.77. The molecule has 2 rings (SSSR count). The van der Waals surface area contributed by atoms with Gasteiger partial charge in [-0.05, 0) is 55.4 Å². The Morgan fingerprint density at radius 1 is 1.39 bits per heavy atom. The summed E-state index contributed by atoms with van der Waals surface area (Å²) in [6.07, 6.45) is 3.30. The van der Waals surface area contributed by atoms with E-state index in [0.29, 0.717) is 22.7 Å². The molecule has 1 fully saturated rings. The number of amides is 1. The molecule has 98 valence electrons. The van der Waals surface area contributed by atoms with Gasteiger partial charge in [0.1, 0.15) is 0 Å². The second-order valence-electron chi connectivity index (χ2n) is 6.21. The molecule has 1 atom stereocenters.